The predicted octanol–water partition coefficient (Wildman–Crippen LogP) is 1.86. The van der Waals surface area contributed by atoms with Crippen LogP contribution >= 0.6 is 0 Å². The number of hydrogen-bond donors (Lipinski definition) is 2. The van der Waals surface area contributed by atoms with E-state index in [0.29, 0.717) is 11.5 Å². The Morgan fingerprint density at radius 3 is 2.44 bits per heavy atom. The van der Waals surface area contributed by atoms with E-state index in [-0.39, 0.29) is 18.7 Å². The number of nitrogens with one attached hydrogen (secondary N) is 1. The Labute approximate surface area is 147 Å². The van der Waals surface area contributed by atoms with Crippen molar-refractivity contribution in [3.05, 3.63) is 60.2 Å². The van der Waals surface area contributed by atoms with E-state index in [4.69, 9.17) is 10.5 Å². The van der Waals surface area contributed by atoms with Gasteiger partial charge in [-0.15, -0.1) is 0 Å². The molecule has 0 aliphatic heterocycles. The molecule has 0 saturated heterocycles. The van der Waals surface area contributed by atoms with E-state index in [1.165, 1.54) is 0 Å². The van der Waals surface area contributed by atoms with Gasteiger partial charge in [0.2, 0.25) is 5.91 Å². The smallest absolute Gasteiger partial charge is 0.237 e. The fourth-order valence-corrected chi connectivity index (χ4v) is 2.83. The van der Waals surface area contributed by atoms with Gasteiger partial charge < -0.3 is 15.8 Å². The Morgan fingerprint density at radius 2 is 1.76 bits per heavy atom. The standard InChI is InChI=1S/C18H22N2O4S/c1-25(22,23)12-11-16(19)18(21)20-13-14-7-5-6-10-17(14)24-15-8-3-2-4-9-15/h2-10,16H,11-13,19H2,1H3,(H,20,21). The first kappa shape index (κ1) is 19.0. The van der Waals surface area contributed by atoms with E-state index in [0.717, 1.165) is 11.8 Å². The summed E-state index contributed by atoms with van der Waals surface area (Å²) in [6.07, 6.45) is 1.21. The van der Waals surface area contributed by atoms with E-state index < -0.39 is 21.8 Å². The highest BCUT2D eigenvalue weighted by Gasteiger charge is 2.16. The number of carbonyl (C=O) groups is 1. The normalized spacial score (nSPS) is 12.4. The number of rotatable bonds is 8. The Morgan fingerprint density at radius 1 is 1.12 bits per heavy atom. The molecule has 0 bridgehead atoms. The topological polar surface area (TPSA) is 98.5 Å². The van der Waals surface area contributed by atoms with Gasteiger partial charge in [-0.05, 0) is 24.6 Å². The molecular weight excluding hydrogens is 340 g/mol. The number of benzene rings is 2. The van der Waals surface area contributed by atoms with Gasteiger partial charge in [-0.25, -0.2) is 8.42 Å². The molecule has 7 heteroatoms. The molecule has 0 fully saturated rings. The maximum absolute atomic E-state index is 12.0. The van der Waals surface area contributed by atoms with Crippen molar-refractivity contribution in [2.45, 2.75) is 19.0 Å². The molecule has 2 rings (SSSR count). The van der Waals surface area contributed by atoms with Crippen LogP contribution < -0.4 is 15.8 Å². The summed E-state index contributed by atoms with van der Waals surface area (Å²) in [5.41, 5.74) is 6.54. The minimum Gasteiger partial charge on any atom is -0.457 e. The number of sulfone groups is 1. The summed E-state index contributed by atoms with van der Waals surface area (Å²) in [7, 11) is -3.14. The number of amides is 1. The molecule has 3 N–H and O–H groups in total. The Bertz CT molecular complexity index is 807. The Kier molecular flexibility index (Phi) is 6.55. The third-order valence-corrected chi connectivity index (χ3v) is 4.51. The minimum atomic E-state index is -3.14. The molecule has 6 nitrogen and oxygen atoms in total. The van der Waals surface area contributed by atoms with Crippen molar-refractivity contribution in [1.29, 1.82) is 0 Å². The molecule has 2 aromatic rings. The molecule has 2 aromatic carbocycles. The van der Waals surface area contributed by atoms with Gasteiger partial charge in [0.25, 0.3) is 0 Å². The van der Waals surface area contributed by atoms with Crippen LogP contribution in [0.3, 0.4) is 0 Å². The van der Waals surface area contributed by atoms with Crippen molar-refractivity contribution in [3.8, 4) is 11.5 Å². The molecule has 0 heterocycles. The molecule has 0 saturated carbocycles. The van der Waals surface area contributed by atoms with Crippen molar-refractivity contribution in [2.24, 2.45) is 5.73 Å². The van der Waals surface area contributed by atoms with Gasteiger partial charge in [0.1, 0.15) is 21.3 Å². The van der Waals surface area contributed by atoms with Gasteiger partial charge in [-0.2, -0.15) is 0 Å². The fraction of sp³-hybridized carbons (Fsp3) is 0.278. The summed E-state index contributed by atoms with van der Waals surface area (Å²) in [5.74, 6) is 0.831. The molecule has 0 aliphatic carbocycles. The van der Waals surface area contributed by atoms with Gasteiger partial charge in [0.05, 0.1) is 11.8 Å². The van der Waals surface area contributed by atoms with Crippen molar-refractivity contribution < 1.29 is 17.9 Å². The van der Waals surface area contributed by atoms with E-state index in [9.17, 15) is 13.2 Å². The van der Waals surface area contributed by atoms with Crippen molar-refractivity contribution in [1.82, 2.24) is 5.32 Å². The first-order chi connectivity index (χ1) is 11.8. The maximum Gasteiger partial charge on any atom is 0.237 e. The molecule has 134 valence electrons. The lowest BCUT2D eigenvalue weighted by Gasteiger charge is -2.14. The molecule has 1 amide bonds. The van der Waals surface area contributed by atoms with Gasteiger partial charge in [0, 0.05) is 18.4 Å². The zero-order valence-corrected chi connectivity index (χ0v) is 14.8. The van der Waals surface area contributed by atoms with Gasteiger partial charge >= 0.3 is 0 Å². The monoisotopic (exact) mass is 362 g/mol. The van der Waals surface area contributed by atoms with Gasteiger partial charge in [0.15, 0.2) is 0 Å². The van der Waals surface area contributed by atoms with E-state index in [2.05, 4.69) is 5.32 Å². The summed E-state index contributed by atoms with van der Waals surface area (Å²) >= 11 is 0. The summed E-state index contributed by atoms with van der Waals surface area (Å²) in [6, 6.07) is 15.8. The number of nitrogens with two attached hydrogens (primary N) is 1. The van der Waals surface area contributed by atoms with Crippen LogP contribution in [0.25, 0.3) is 0 Å². The van der Waals surface area contributed by atoms with Crippen molar-refractivity contribution in [2.75, 3.05) is 12.0 Å². The van der Waals surface area contributed by atoms with E-state index in [1.54, 1.807) is 0 Å². The van der Waals surface area contributed by atoms with Crippen molar-refractivity contribution in [3.63, 3.8) is 0 Å². The third-order valence-electron chi connectivity index (χ3n) is 3.53. The van der Waals surface area contributed by atoms with Gasteiger partial charge in [-0.1, -0.05) is 36.4 Å². The second-order valence-corrected chi connectivity index (χ2v) is 8.03. The molecule has 0 aromatic heterocycles. The lowest BCUT2D eigenvalue weighted by atomic mass is 10.2. The van der Waals surface area contributed by atoms with Crippen LogP contribution in [0.4, 0.5) is 0 Å². The largest absolute Gasteiger partial charge is 0.457 e. The van der Waals surface area contributed by atoms with Crippen LogP contribution in [-0.2, 0) is 21.2 Å². The zero-order valence-electron chi connectivity index (χ0n) is 14.0. The minimum absolute atomic E-state index is 0.0901. The quantitative estimate of drug-likeness (QED) is 0.747. The predicted molar refractivity (Wildman–Crippen MR) is 97.1 cm³/mol. The number of ether oxygens (including phenoxy) is 1. The summed E-state index contributed by atoms with van der Waals surface area (Å²) in [6.45, 7) is 0.244. The third kappa shape index (κ3) is 6.56. The van der Waals surface area contributed by atoms with E-state index >= 15 is 0 Å². The van der Waals surface area contributed by atoms with Crippen LogP contribution in [0.1, 0.15) is 12.0 Å². The number of hydrogen-bond acceptors (Lipinski definition) is 5. The molecule has 0 radical (unpaired) electrons. The molecule has 1 atom stereocenters. The molecule has 1 unspecified atom stereocenters. The first-order valence-electron chi connectivity index (χ1n) is 7.87. The van der Waals surface area contributed by atoms with Crippen LogP contribution in [0, 0.1) is 0 Å². The van der Waals surface area contributed by atoms with Crippen molar-refractivity contribution >= 4 is 15.7 Å². The highest BCUT2D eigenvalue weighted by molar-refractivity contribution is 7.90. The second kappa shape index (κ2) is 8.64. The first-order valence-corrected chi connectivity index (χ1v) is 9.93. The maximum atomic E-state index is 12.0. The van der Waals surface area contributed by atoms with Crippen LogP contribution in [0.15, 0.2) is 54.6 Å². The highest BCUT2D eigenvalue weighted by atomic mass is 32.2. The highest BCUT2D eigenvalue weighted by Crippen LogP contribution is 2.24. The molecule has 0 spiro atoms. The van der Waals surface area contributed by atoms with E-state index in [1.807, 2.05) is 54.6 Å². The van der Waals surface area contributed by atoms with Crippen LogP contribution in [0.2, 0.25) is 0 Å². The fourth-order valence-electron chi connectivity index (χ4n) is 2.15. The summed E-state index contributed by atoms with van der Waals surface area (Å²) < 4.78 is 28.1. The number of para-hydroxylation sites is 2. The van der Waals surface area contributed by atoms with Crippen LogP contribution in [-0.4, -0.2) is 32.4 Å². The van der Waals surface area contributed by atoms with Gasteiger partial charge in [-0.3, -0.25) is 4.79 Å². The molecule has 25 heavy (non-hydrogen) atoms. The lowest BCUT2D eigenvalue weighted by molar-refractivity contribution is -0.122. The zero-order chi connectivity index (χ0) is 18.3. The average Bonchev–Trinajstić information content (AvgIpc) is 2.59. The molecular formula is C18H22N2O4S. The summed E-state index contributed by atoms with van der Waals surface area (Å²) in [4.78, 5) is 12.0. The summed E-state index contributed by atoms with van der Waals surface area (Å²) in [5, 5.41) is 2.72. The second-order valence-electron chi connectivity index (χ2n) is 5.77. The lowest BCUT2D eigenvalue weighted by Crippen LogP contribution is -2.41. The van der Waals surface area contributed by atoms with Crippen LogP contribution in [0.5, 0.6) is 11.5 Å². The Balaban J connectivity index is 1.95. The molecule has 0 aliphatic rings. The average molecular weight is 362 g/mol. The SMILES string of the molecule is CS(=O)(=O)CCC(N)C(=O)NCc1ccccc1Oc1ccccc1. The Hall–Kier alpha value is -2.38. The number of carbonyl (C=O) groups excluding carboxylic acids is 1.